The molecule has 1 aliphatic rings. The molecule has 2 nitrogen and oxygen atoms in total. The predicted molar refractivity (Wildman–Crippen MR) is 119 cm³/mol. The lowest BCUT2D eigenvalue weighted by molar-refractivity contribution is 0.198. The van der Waals surface area contributed by atoms with Gasteiger partial charge in [0.1, 0.15) is 5.75 Å². The molecule has 2 rings (SSSR count). The van der Waals surface area contributed by atoms with Crippen LogP contribution in [0.25, 0.3) is 0 Å². The fourth-order valence-corrected chi connectivity index (χ4v) is 4.59. The Morgan fingerprint density at radius 1 is 1.04 bits per heavy atom. The number of unbranched alkanes of at least 4 members (excludes halogenated alkanes) is 5. The maximum atomic E-state index is 9.78. The number of ether oxygens (including phenoxy) is 1. The van der Waals surface area contributed by atoms with Crippen LogP contribution in [-0.4, -0.2) is 6.61 Å². The van der Waals surface area contributed by atoms with Crippen molar-refractivity contribution in [1.82, 2.24) is 0 Å². The summed E-state index contributed by atoms with van der Waals surface area (Å²) in [6.07, 6.45) is 14.4. The first kappa shape index (κ1) is 22.8. The highest BCUT2D eigenvalue weighted by atomic mass is 16.5. The van der Waals surface area contributed by atoms with Crippen LogP contribution >= 0.6 is 0 Å². The third-order valence-electron chi connectivity index (χ3n) is 6.73. The summed E-state index contributed by atoms with van der Waals surface area (Å²) in [6.45, 7) is 7.61. The molecule has 0 bridgehead atoms. The fraction of sp³-hybridized carbons (Fsp3) is 0.731. The van der Waals surface area contributed by atoms with Crippen LogP contribution in [0.5, 0.6) is 5.75 Å². The molecule has 28 heavy (non-hydrogen) atoms. The van der Waals surface area contributed by atoms with Crippen molar-refractivity contribution in [3.8, 4) is 11.8 Å². The van der Waals surface area contributed by atoms with Crippen LogP contribution in [0.3, 0.4) is 0 Å². The van der Waals surface area contributed by atoms with Crippen LogP contribution in [-0.2, 0) is 0 Å². The maximum absolute atomic E-state index is 9.78. The second-order valence-electron chi connectivity index (χ2n) is 9.07. The molecule has 1 saturated carbocycles. The minimum Gasteiger partial charge on any atom is -0.494 e. The van der Waals surface area contributed by atoms with Gasteiger partial charge in [0.05, 0.1) is 18.1 Å². The highest BCUT2D eigenvalue weighted by Gasteiger charge is 2.36. The summed E-state index contributed by atoms with van der Waals surface area (Å²) in [5.41, 5.74) is 1.34. The topological polar surface area (TPSA) is 33.0 Å². The van der Waals surface area contributed by atoms with E-state index in [0.717, 1.165) is 50.9 Å². The predicted octanol–water partition coefficient (Wildman–Crippen LogP) is 8.03. The fourth-order valence-electron chi connectivity index (χ4n) is 4.59. The van der Waals surface area contributed by atoms with Gasteiger partial charge in [-0.3, -0.25) is 0 Å². The summed E-state index contributed by atoms with van der Waals surface area (Å²) in [6, 6.07) is 11.5. The first-order valence-electron chi connectivity index (χ1n) is 11.8. The molecule has 0 N–H and O–H groups in total. The first-order valence-corrected chi connectivity index (χ1v) is 11.8. The number of rotatable bonds is 12. The van der Waals surface area contributed by atoms with Gasteiger partial charge in [-0.2, -0.15) is 5.26 Å². The van der Waals surface area contributed by atoms with E-state index in [9.17, 15) is 5.26 Å². The van der Waals surface area contributed by atoms with Crippen molar-refractivity contribution < 1.29 is 4.74 Å². The van der Waals surface area contributed by atoms with Gasteiger partial charge in [0.15, 0.2) is 0 Å². The van der Waals surface area contributed by atoms with Gasteiger partial charge < -0.3 is 4.74 Å². The van der Waals surface area contributed by atoms with Gasteiger partial charge in [-0.05, 0) is 68.1 Å². The van der Waals surface area contributed by atoms with E-state index in [1.807, 2.05) is 0 Å². The van der Waals surface area contributed by atoms with Crippen LogP contribution in [0.1, 0.15) is 109 Å². The Bertz CT molecular complexity index is 577. The van der Waals surface area contributed by atoms with Gasteiger partial charge >= 0.3 is 0 Å². The molecule has 0 heterocycles. The van der Waals surface area contributed by atoms with E-state index < -0.39 is 0 Å². The molecular formula is C26H41NO. The maximum Gasteiger partial charge on any atom is 0.119 e. The highest BCUT2D eigenvalue weighted by molar-refractivity contribution is 5.30. The van der Waals surface area contributed by atoms with Crippen LogP contribution in [0, 0.1) is 22.7 Å². The van der Waals surface area contributed by atoms with E-state index in [1.165, 1.54) is 44.1 Å². The molecule has 1 fully saturated rings. The Balaban J connectivity index is 1.74. The zero-order valence-corrected chi connectivity index (χ0v) is 18.5. The van der Waals surface area contributed by atoms with E-state index in [2.05, 4.69) is 51.1 Å². The largest absolute Gasteiger partial charge is 0.494 e. The lowest BCUT2D eigenvalue weighted by atomic mass is 9.66. The Hall–Kier alpha value is -1.49. The lowest BCUT2D eigenvalue weighted by Gasteiger charge is -2.36. The first-order chi connectivity index (χ1) is 13.6. The van der Waals surface area contributed by atoms with Crippen LogP contribution in [0.15, 0.2) is 24.3 Å². The molecule has 1 aliphatic carbocycles. The number of hydrogen-bond acceptors (Lipinski definition) is 2. The van der Waals surface area contributed by atoms with Gasteiger partial charge in [-0.15, -0.1) is 0 Å². The number of nitrogens with zero attached hydrogens (tertiary/aromatic N) is 1. The smallest absolute Gasteiger partial charge is 0.119 e. The van der Waals surface area contributed by atoms with Gasteiger partial charge in [-0.25, -0.2) is 0 Å². The minimum atomic E-state index is -0.0773. The van der Waals surface area contributed by atoms with Crippen molar-refractivity contribution >= 4 is 0 Å². The summed E-state index contributed by atoms with van der Waals surface area (Å²) >= 11 is 0. The zero-order chi connectivity index (χ0) is 20.2. The Kier molecular flexibility index (Phi) is 9.89. The van der Waals surface area contributed by atoms with Crippen LogP contribution in [0.4, 0.5) is 0 Å². The van der Waals surface area contributed by atoms with E-state index in [1.54, 1.807) is 0 Å². The van der Waals surface area contributed by atoms with Crippen molar-refractivity contribution in [1.29, 1.82) is 5.26 Å². The molecule has 0 aliphatic heterocycles. The van der Waals surface area contributed by atoms with Crippen LogP contribution < -0.4 is 4.74 Å². The molecule has 0 amide bonds. The molecule has 0 spiro atoms. The van der Waals surface area contributed by atoms with Crippen molar-refractivity contribution in [2.24, 2.45) is 11.3 Å². The zero-order valence-electron chi connectivity index (χ0n) is 18.5. The Morgan fingerprint density at radius 2 is 1.68 bits per heavy atom. The number of benzene rings is 1. The van der Waals surface area contributed by atoms with Crippen LogP contribution in [0.2, 0.25) is 0 Å². The second kappa shape index (κ2) is 12.2. The molecular weight excluding hydrogens is 342 g/mol. The molecule has 1 aromatic carbocycles. The minimum absolute atomic E-state index is 0.0773. The quantitative estimate of drug-likeness (QED) is 0.342. The molecule has 0 radical (unpaired) electrons. The van der Waals surface area contributed by atoms with Crippen molar-refractivity contribution in [3.05, 3.63) is 29.8 Å². The van der Waals surface area contributed by atoms with Gasteiger partial charge in [0, 0.05) is 0 Å². The SMILES string of the molecule is CCCCCCCCOc1ccc(C2CCC(C#N)(CC(C)CC)CC2)cc1. The Morgan fingerprint density at radius 3 is 2.29 bits per heavy atom. The Labute approximate surface area is 173 Å². The standard InChI is InChI=1S/C26H41NO/c1-4-6-7-8-9-10-19-28-25-13-11-23(12-14-25)24-15-17-26(21-27,18-16-24)20-22(3)5-2/h11-14,22,24H,4-10,15-20H2,1-3H3. The average molecular weight is 384 g/mol. The summed E-state index contributed by atoms with van der Waals surface area (Å²) in [4.78, 5) is 0. The molecule has 1 atom stereocenters. The summed E-state index contributed by atoms with van der Waals surface area (Å²) in [5, 5.41) is 9.78. The molecule has 2 heteroatoms. The summed E-state index contributed by atoms with van der Waals surface area (Å²) < 4.78 is 5.92. The summed E-state index contributed by atoms with van der Waals surface area (Å²) in [7, 11) is 0. The highest BCUT2D eigenvalue weighted by Crippen LogP contribution is 2.46. The molecule has 156 valence electrons. The van der Waals surface area contributed by atoms with Crippen molar-refractivity contribution in [2.45, 2.75) is 104 Å². The third kappa shape index (κ3) is 7.16. The second-order valence-corrected chi connectivity index (χ2v) is 9.07. The summed E-state index contributed by atoms with van der Waals surface area (Å²) in [5.74, 6) is 2.25. The van der Waals surface area contributed by atoms with Gasteiger partial charge in [0.2, 0.25) is 0 Å². The van der Waals surface area contributed by atoms with Gasteiger partial charge in [-0.1, -0.05) is 71.4 Å². The normalized spacial score (nSPS) is 23.1. The van der Waals surface area contributed by atoms with Crippen molar-refractivity contribution in [3.63, 3.8) is 0 Å². The lowest BCUT2D eigenvalue weighted by Crippen LogP contribution is -2.27. The molecule has 1 unspecified atom stereocenters. The van der Waals surface area contributed by atoms with E-state index >= 15 is 0 Å². The molecule has 0 aromatic heterocycles. The van der Waals surface area contributed by atoms with Gasteiger partial charge in [0.25, 0.3) is 0 Å². The molecule has 0 saturated heterocycles. The number of nitriles is 1. The average Bonchev–Trinajstić information content (AvgIpc) is 2.74. The van der Waals surface area contributed by atoms with E-state index in [4.69, 9.17) is 4.74 Å². The van der Waals surface area contributed by atoms with E-state index in [0.29, 0.717) is 11.8 Å². The number of hydrogen-bond donors (Lipinski definition) is 0. The van der Waals surface area contributed by atoms with E-state index in [-0.39, 0.29) is 5.41 Å². The van der Waals surface area contributed by atoms with Crippen molar-refractivity contribution in [2.75, 3.05) is 6.61 Å². The third-order valence-corrected chi connectivity index (χ3v) is 6.73. The monoisotopic (exact) mass is 383 g/mol. The molecule has 1 aromatic rings.